The number of nitrogens with zero attached hydrogens (tertiary/aromatic N) is 3. The van der Waals surface area contributed by atoms with Crippen LogP contribution < -0.4 is 16.3 Å². The molecule has 0 aliphatic carbocycles. The van der Waals surface area contributed by atoms with E-state index in [4.69, 9.17) is 33.0 Å². The maximum Gasteiger partial charge on any atom is 0.421 e. The van der Waals surface area contributed by atoms with Crippen molar-refractivity contribution in [3.63, 3.8) is 0 Å². The molecule has 1 fully saturated rings. The molecule has 0 aromatic heterocycles. The average Bonchev–Trinajstić information content (AvgIpc) is 3.00. The molecule has 42 heavy (non-hydrogen) atoms. The number of hydrogen-bond acceptors (Lipinski definition) is 6. The summed E-state index contributed by atoms with van der Waals surface area (Å²) < 4.78 is 5.98. The van der Waals surface area contributed by atoms with Gasteiger partial charge in [-0.15, -0.1) is 0 Å². The number of carbonyl (C=O) groups is 2. The smallest absolute Gasteiger partial charge is 0.421 e. The van der Waals surface area contributed by atoms with E-state index in [1.54, 1.807) is 12.1 Å². The second kappa shape index (κ2) is 15.6. The monoisotopic (exact) mass is 593 g/mol. The lowest BCUT2D eigenvalue weighted by atomic mass is 9.96. The minimum atomic E-state index is -1.15. The highest BCUT2D eigenvalue weighted by molar-refractivity contribution is 6.30. The van der Waals surface area contributed by atoms with Gasteiger partial charge >= 0.3 is 6.09 Å². The Morgan fingerprint density at radius 3 is 2.29 bits per heavy atom. The van der Waals surface area contributed by atoms with E-state index in [1.807, 2.05) is 24.3 Å². The molecule has 0 spiro atoms. The number of hydrogen-bond donors (Lipinski definition) is 3. The van der Waals surface area contributed by atoms with Crippen LogP contribution in [0.15, 0.2) is 72.8 Å². The number of unbranched alkanes of at least 4 members (excludes halogenated alkanes) is 1. The van der Waals surface area contributed by atoms with Crippen molar-refractivity contribution in [2.45, 2.75) is 31.7 Å². The molecule has 1 heterocycles. The molecule has 2 amide bonds. The van der Waals surface area contributed by atoms with Crippen molar-refractivity contribution >= 4 is 23.6 Å². The van der Waals surface area contributed by atoms with Crippen LogP contribution in [-0.2, 0) is 6.42 Å². The van der Waals surface area contributed by atoms with Crippen LogP contribution in [0.3, 0.4) is 0 Å². The molecule has 5 N–H and O–H groups in total. The van der Waals surface area contributed by atoms with Gasteiger partial charge in [0.1, 0.15) is 5.75 Å². The van der Waals surface area contributed by atoms with Crippen LogP contribution in [-0.4, -0.2) is 77.8 Å². The Balaban J connectivity index is 1.24. The lowest BCUT2D eigenvalue weighted by molar-refractivity contribution is 0.0991. The normalized spacial score (nSPS) is 14.8. The zero-order valence-electron chi connectivity index (χ0n) is 23.8. The van der Waals surface area contributed by atoms with Gasteiger partial charge in [-0.3, -0.25) is 9.69 Å². The van der Waals surface area contributed by atoms with Gasteiger partial charge in [-0.05, 0) is 66.6 Å². The van der Waals surface area contributed by atoms with Crippen molar-refractivity contribution in [3.8, 4) is 5.75 Å². The number of halogens is 1. The SMILES string of the molecule is NC(=O)c1cc(CCCCN(N)C(=O)O)ccc1OCCCN1CCN([C@H](c2ccccc2)c2ccc(Cl)cc2)CC1. The minimum Gasteiger partial charge on any atom is -0.493 e. The van der Waals surface area contributed by atoms with E-state index in [0.717, 1.165) is 61.2 Å². The third-order valence-electron chi connectivity index (χ3n) is 7.62. The molecular formula is C32H40ClN5O4. The quantitative estimate of drug-likeness (QED) is 0.106. The number of primary amides is 1. The molecular weight excluding hydrogens is 554 g/mol. The highest BCUT2D eigenvalue weighted by Gasteiger charge is 2.26. The maximum absolute atomic E-state index is 12.1. The van der Waals surface area contributed by atoms with E-state index in [-0.39, 0.29) is 12.6 Å². The number of carboxylic acid groups (broad SMARTS) is 1. The number of aryl methyl sites for hydroxylation is 1. The standard InChI is InChI=1S/C32H40ClN5O4/c33-27-13-11-26(12-14-27)30(25-8-2-1-3-9-25)37-20-18-36(19-21-37)16-6-22-42-29-15-10-24(23-28(29)31(34)39)7-4-5-17-38(35)32(40)41/h1-3,8-15,23,30H,4-7,16-22,35H2,(H2,34,39)(H,40,41)/t30-/m1/s1. The molecule has 1 aliphatic rings. The third kappa shape index (κ3) is 8.93. The van der Waals surface area contributed by atoms with Gasteiger partial charge in [0.15, 0.2) is 0 Å². The van der Waals surface area contributed by atoms with Crippen molar-refractivity contribution in [1.29, 1.82) is 0 Å². The number of carbonyl (C=O) groups excluding carboxylic acids is 1. The number of piperazine rings is 1. The first-order valence-electron chi connectivity index (χ1n) is 14.4. The number of rotatable bonds is 14. The highest BCUT2D eigenvalue weighted by Crippen LogP contribution is 2.30. The van der Waals surface area contributed by atoms with Gasteiger partial charge < -0.3 is 20.5 Å². The number of benzene rings is 3. The lowest BCUT2D eigenvalue weighted by Gasteiger charge is -2.39. The number of ether oxygens (including phenoxy) is 1. The van der Waals surface area contributed by atoms with Crippen molar-refractivity contribution in [3.05, 3.63) is 100 Å². The Hall–Kier alpha value is -3.63. The highest BCUT2D eigenvalue weighted by atomic mass is 35.5. The number of nitrogens with two attached hydrogens (primary N) is 2. The summed E-state index contributed by atoms with van der Waals surface area (Å²) in [5.41, 5.74) is 9.46. The summed E-state index contributed by atoms with van der Waals surface area (Å²) in [5.74, 6) is 5.36. The summed E-state index contributed by atoms with van der Waals surface area (Å²) in [4.78, 5) is 27.9. The van der Waals surface area contributed by atoms with E-state index in [2.05, 4.69) is 46.2 Å². The number of hydrazine groups is 1. The summed E-state index contributed by atoms with van der Waals surface area (Å²) >= 11 is 6.16. The van der Waals surface area contributed by atoms with Gasteiger partial charge in [-0.2, -0.15) is 0 Å². The maximum atomic E-state index is 12.1. The van der Waals surface area contributed by atoms with Crippen molar-refractivity contribution in [2.75, 3.05) is 45.9 Å². The Labute approximate surface area is 252 Å². The number of amides is 2. The minimum absolute atomic E-state index is 0.184. The molecule has 1 aliphatic heterocycles. The van der Waals surface area contributed by atoms with E-state index in [1.165, 1.54) is 11.1 Å². The molecule has 4 rings (SSSR count). The van der Waals surface area contributed by atoms with E-state index >= 15 is 0 Å². The van der Waals surface area contributed by atoms with Crippen molar-refractivity contribution < 1.29 is 19.4 Å². The zero-order chi connectivity index (χ0) is 29.9. The van der Waals surface area contributed by atoms with Crippen LogP contribution in [0.2, 0.25) is 5.02 Å². The van der Waals surface area contributed by atoms with Crippen LogP contribution in [0.25, 0.3) is 0 Å². The Kier molecular flexibility index (Phi) is 11.6. The molecule has 0 saturated carbocycles. The Morgan fingerprint density at radius 1 is 0.929 bits per heavy atom. The zero-order valence-corrected chi connectivity index (χ0v) is 24.6. The lowest BCUT2D eigenvalue weighted by Crippen LogP contribution is -2.48. The molecule has 1 saturated heterocycles. The molecule has 3 aromatic rings. The molecule has 1 atom stereocenters. The van der Waals surface area contributed by atoms with Gasteiger partial charge in [0, 0.05) is 44.3 Å². The molecule has 0 radical (unpaired) electrons. The summed E-state index contributed by atoms with van der Waals surface area (Å²) in [5, 5.41) is 10.3. The Morgan fingerprint density at radius 2 is 1.62 bits per heavy atom. The van der Waals surface area contributed by atoms with E-state index < -0.39 is 12.0 Å². The first kappa shape index (κ1) is 31.3. The largest absolute Gasteiger partial charge is 0.493 e. The van der Waals surface area contributed by atoms with Crippen LogP contribution in [0.5, 0.6) is 5.75 Å². The summed E-state index contributed by atoms with van der Waals surface area (Å²) in [6.45, 7) is 5.48. The summed E-state index contributed by atoms with van der Waals surface area (Å²) in [6, 6.07) is 24.4. The van der Waals surface area contributed by atoms with Crippen molar-refractivity contribution in [2.24, 2.45) is 11.6 Å². The molecule has 9 nitrogen and oxygen atoms in total. The van der Waals surface area contributed by atoms with Crippen LogP contribution in [0.4, 0.5) is 4.79 Å². The van der Waals surface area contributed by atoms with E-state index in [9.17, 15) is 9.59 Å². The topological polar surface area (TPSA) is 125 Å². The fraction of sp³-hybridized carbons (Fsp3) is 0.375. The predicted octanol–water partition coefficient (Wildman–Crippen LogP) is 4.79. The third-order valence-corrected chi connectivity index (χ3v) is 7.87. The Bertz CT molecular complexity index is 1300. The molecule has 224 valence electrons. The van der Waals surface area contributed by atoms with Crippen LogP contribution >= 0.6 is 11.6 Å². The predicted molar refractivity (Wildman–Crippen MR) is 165 cm³/mol. The van der Waals surface area contributed by atoms with Crippen molar-refractivity contribution in [1.82, 2.24) is 14.8 Å². The average molecular weight is 594 g/mol. The second-order valence-electron chi connectivity index (χ2n) is 10.6. The first-order valence-corrected chi connectivity index (χ1v) is 14.8. The van der Waals surface area contributed by atoms with Gasteiger partial charge in [-0.1, -0.05) is 60.1 Å². The second-order valence-corrected chi connectivity index (χ2v) is 11.0. The van der Waals surface area contributed by atoms with Gasteiger partial charge in [-0.25, -0.2) is 15.6 Å². The molecule has 0 bridgehead atoms. The fourth-order valence-electron chi connectivity index (χ4n) is 5.37. The first-order chi connectivity index (χ1) is 20.3. The molecule has 0 unspecified atom stereocenters. The fourth-order valence-corrected chi connectivity index (χ4v) is 5.49. The summed E-state index contributed by atoms with van der Waals surface area (Å²) in [6.07, 6.45) is 1.72. The van der Waals surface area contributed by atoms with Crippen LogP contribution in [0, 0.1) is 0 Å². The summed E-state index contributed by atoms with van der Waals surface area (Å²) in [7, 11) is 0. The van der Waals surface area contributed by atoms with Gasteiger partial charge in [0.25, 0.3) is 5.91 Å². The molecule has 3 aromatic carbocycles. The van der Waals surface area contributed by atoms with E-state index in [0.29, 0.717) is 30.8 Å². The van der Waals surface area contributed by atoms with Gasteiger partial charge in [0.05, 0.1) is 18.2 Å². The van der Waals surface area contributed by atoms with Crippen LogP contribution in [0.1, 0.15) is 52.4 Å². The van der Waals surface area contributed by atoms with Gasteiger partial charge in [0.2, 0.25) is 0 Å². The molecule has 10 heteroatoms.